The van der Waals surface area contributed by atoms with Gasteiger partial charge in [-0.1, -0.05) is 35.5 Å². The van der Waals surface area contributed by atoms with Gasteiger partial charge in [0.15, 0.2) is 0 Å². The minimum absolute atomic E-state index is 0.0394. The van der Waals surface area contributed by atoms with E-state index in [-0.39, 0.29) is 12.5 Å². The van der Waals surface area contributed by atoms with Crippen molar-refractivity contribution in [3.63, 3.8) is 0 Å². The monoisotopic (exact) mass is 395 g/mol. The minimum atomic E-state index is -0.644. The molecule has 0 saturated carbocycles. The van der Waals surface area contributed by atoms with Crippen molar-refractivity contribution in [1.29, 1.82) is 0 Å². The van der Waals surface area contributed by atoms with Gasteiger partial charge in [-0.2, -0.15) is 0 Å². The Hall–Kier alpha value is -3.15. The highest BCUT2D eigenvalue weighted by Gasteiger charge is 2.27. The number of carbonyl (C=O) groups is 1. The standard InChI is InChI=1S/C23H26FN3O2/c1-4-26(5-2)19-11-13-20(14-12-19)27(16-15-24)23(28)21-17(3)29-25-22(21)18-9-7-6-8-10-18/h6-14H,4-5,15-16H2,1-3H3. The number of amides is 1. The molecule has 0 saturated heterocycles. The predicted octanol–water partition coefficient (Wildman–Crippen LogP) is 5.11. The fourth-order valence-electron chi connectivity index (χ4n) is 3.42. The molecule has 0 atom stereocenters. The van der Waals surface area contributed by atoms with Gasteiger partial charge in [0, 0.05) is 30.0 Å². The SMILES string of the molecule is CCN(CC)c1ccc(N(CCF)C(=O)c2c(-c3ccccc3)noc2C)cc1. The molecule has 1 aromatic heterocycles. The van der Waals surface area contributed by atoms with E-state index in [2.05, 4.69) is 23.9 Å². The number of hydrogen-bond acceptors (Lipinski definition) is 4. The Morgan fingerprint density at radius 2 is 1.62 bits per heavy atom. The van der Waals surface area contributed by atoms with Gasteiger partial charge in [-0.05, 0) is 45.0 Å². The van der Waals surface area contributed by atoms with E-state index in [1.807, 2.05) is 54.6 Å². The van der Waals surface area contributed by atoms with Gasteiger partial charge in [-0.15, -0.1) is 0 Å². The summed E-state index contributed by atoms with van der Waals surface area (Å²) in [6, 6.07) is 17.0. The second-order valence-electron chi connectivity index (χ2n) is 6.66. The summed E-state index contributed by atoms with van der Waals surface area (Å²) in [5, 5.41) is 4.08. The highest BCUT2D eigenvalue weighted by atomic mass is 19.1. The van der Waals surface area contributed by atoms with Crippen LogP contribution in [0.2, 0.25) is 0 Å². The molecule has 0 aliphatic heterocycles. The average molecular weight is 395 g/mol. The van der Waals surface area contributed by atoms with Crippen LogP contribution in [0.4, 0.5) is 15.8 Å². The van der Waals surface area contributed by atoms with E-state index in [0.717, 1.165) is 24.3 Å². The van der Waals surface area contributed by atoms with Crippen molar-refractivity contribution in [1.82, 2.24) is 5.16 Å². The summed E-state index contributed by atoms with van der Waals surface area (Å²) in [7, 11) is 0. The number of halogens is 1. The molecule has 1 heterocycles. The van der Waals surface area contributed by atoms with Gasteiger partial charge in [0.1, 0.15) is 23.7 Å². The Kier molecular flexibility index (Phi) is 6.65. The Balaban J connectivity index is 1.97. The molecule has 0 unspecified atom stereocenters. The van der Waals surface area contributed by atoms with Crippen molar-refractivity contribution in [3.05, 3.63) is 65.9 Å². The summed E-state index contributed by atoms with van der Waals surface area (Å²) < 4.78 is 18.6. The van der Waals surface area contributed by atoms with Crippen LogP contribution >= 0.6 is 0 Å². The minimum Gasteiger partial charge on any atom is -0.372 e. The van der Waals surface area contributed by atoms with Crippen molar-refractivity contribution in [3.8, 4) is 11.3 Å². The summed E-state index contributed by atoms with van der Waals surface area (Å²) in [5.41, 5.74) is 3.32. The normalized spacial score (nSPS) is 10.8. The maximum atomic E-state index is 13.4. The molecule has 5 nitrogen and oxygen atoms in total. The molecule has 1 amide bonds. The van der Waals surface area contributed by atoms with E-state index < -0.39 is 6.67 Å². The number of anilines is 2. The first kappa shape index (κ1) is 20.6. The average Bonchev–Trinajstić information content (AvgIpc) is 3.15. The van der Waals surface area contributed by atoms with Gasteiger partial charge in [0.2, 0.25) is 0 Å². The van der Waals surface area contributed by atoms with Crippen LogP contribution in [0, 0.1) is 6.92 Å². The quantitative estimate of drug-likeness (QED) is 0.532. The summed E-state index contributed by atoms with van der Waals surface area (Å²) in [5.74, 6) is 0.0910. The van der Waals surface area contributed by atoms with Gasteiger partial charge in [-0.25, -0.2) is 4.39 Å². The lowest BCUT2D eigenvalue weighted by Crippen LogP contribution is -2.33. The van der Waals surface area contributed by atoms with Crippen molar-refractivity contribution in [2.24, 2.45) is 0 Å². The van der Waals surface area contributed by atoms with Crippen molar-refractivity contribution >= 4 is 17.3 Å². The molecular formula is C23H26FN3O2. The van der Waals surface area contributed by atoms with E-state index in [9.17, 15) is 9.18 Å². The van der Waals surface area contributed by atoms with Crippen LogP contribution in [0.15, 0.2) is 59.1 Å². The predicted molar refractivity (Wildman–Crippen MR) is 114 cm³/mol. The Labute approximate surface area is 170 Å². The Morgan fingerprint density at radius 1 is 1.00 bits per heavy atom. The van der Waals surface area contributed by atoms with E-state index in [1.54, 1.807) is 6.92 Å². The molecule has 0 fully saturated rings. The fraction of sp³-hybridized carbons (Fsp3) is 0.304. The summed E-state index contributed by atoms with van der Waals surface area (Å²) in [6.45, 7) is 6.99. The number of nitrogens with zero attached hydrogens (tertiary/aromatic N) is 3. The molecular weight excluding hydrogens is 369 g/mol. The molecule has 3 aromatic rings. The number of aryl methyl sites for hydroxylation is 1. The smallest absolute Gasteiger partial charge is 0.264 e. The van der Waals surface area contributed by atoms with Crippen molar-refractivity contribution in [2.45, 2.75) is 20.8 Å². The highest BCUT2D eigenvalue weighted by molar-refractivity contribution is 6.10. The zero-order chi connectivity index (χ0) is 20.8. The summed E-state index contributed by atoms with van der Waals surface area (Å²) >= 11 is 0. The highest BCUT2D eigenvalue weighted by Crippen LogP contribution is 2.29. The Morgan fingerprint density at radius 3 is 2.21 bits per heavy atom. The third-order valence-corrected chi connectivity index (χ3v) is 4.97. The van der Waals surface area contributed by atoms with Gasteiger partial charge >= 0.3 is 0 Å². The van der Waals surface area contributed by atoms with Gasteiger partial charge in [0.05, 0.1) is 6.54 Å². The number of carbonyl (C=O) groups excluding carboxylic acids is 1. The maximum absolute atomic E-state index is 13.4. The number of rotatable bonds is 8. The topological polar surface area (TPSA) is 49.6 Å². The first-order chi connectivity index (χ1) is 14.1. The molecule has 0 radical (unpaired) electrons. The van der Waals surface area contributed by atoms with E-state index in [1.165, 1.54) is 4.90 Å². The molecule has 29 heavy (non-hydrogen) atoms. The lowest BCUT2D eigenvalue weighted by Gasteiger charge is -2.24. The maximum Gasteiger partial charge on any atom is 0.264 e. The van der Waals surface area contributed by atoms with Crippen molar-refractivity contribution in [2.75, 3.05) is 36.1 Å². The number of benzene rings is 2. The number of aromatic nitrogens is 1. The summed E-state index contributed by atoms with van der Waals surface area (Å²) in [4.78, 5) is 17.0. The molecule has 0 aliphatic carbocycles. The molecule has 3 rings (SSSR count). The fourth-order valence-corrected chi connectivity index (χ4v) is 3.42. The third-order valence-electron chi connectivity index (χ3n) is 4.97. The number of alkyl halides is 1. The summed E-state index contributed by atoms with van der Waals surface area (Å²) in [6.07, 6.45) is 0. The van der Waals surface area contributed by atoms with Crippen LogP contribution in [-0.4, -0.2) is 37.4 Å². The molecule has 0 bridgehead atoms. The van der Waals surface area contributed by atoms with Gasteiger partial charge in [0.25, 0.3) is 5.91 Å². The van der Waals surface area contributed by atoms with Gasteiger partial charge in [-0.3, -0.25) is 4.79 Å². The van der Waals surface area contributed by atoms with E-state index in [0.29, 0.717) is 22.7 Å². The number of hydrogen-bond donors (Lipinski definition) is 0. The Bertz CT molecular complexity index is 935. The van der Waals surface area contributed by atoms with Crippen LogP contribution in [0.1, 0.15) is 30.0 Å². The first-order valence-corrected chi connectivity index (χ1v) is 9.85. The van der Waals surface area contributed by atoms with Crippen LogP contribution in [0.25, 0.3) is 11.3 Å². The third kappa shape index (κ3) is 4.31. The molecule has 152 valence electrons. The van der Waals surface area contributed by atoms with Gasteiger partial charge < -0.3 is 14.3 Å². The zero-order valence-corrected chi connectivity index (χ0v) is 17.1. The largest absolute Gasteiger partial charge is 0.372 e. The van der Waals surface area contributed by atoms with E-state index >= 15 is 0 Å². The van der Waals surface area contributed by atoms with Crippen LogP contribution in [0.3, 0.4) is 0 Å². The molecule has 6 heteroatoms. The molecule has 0 spiro atoms. The molecule has 0 aliphatic rings. The van der Waals surface area contributed by atoms with Crippen LogP contribution in [-0.2, 0) is 0 Å². The second kappa shape index (κ2) is 9.37. The van der Waals surface area contributed by atoms with Crippen LogP contribution in [0.5, 0.6) is 0 Å². The lowest BCUT2D eigenvalue weighted by molar-refractivity contribution is 0.0984. The van der Waals surface area contributed by atoms with E-state index in [4.69, 9.17) is 4.52 Å². The lowest BCUT2D eigenvalue weighted by atomic mass is 10.0. The zero-order valence-electron chi connectivity index (χ0n) is 17.1. The molecule has 2 aromatic carbocycles. The first-order valence-electron chi connectivity index (χ1n) is 9.85. The van der Waals surface area contributed by atoms with Crippen molar-refractivity contribution < 1.29 is 13.7 Å². The molecule has 0 N–H and O–H groups in total. The van der Waals surface area contributed by atoms with Crippen LogP contribution < -0.4 is 9.80 Å². The second-order valence-corrected chi connectivity index (χ2v) is 6.66.